The van der Waals surface area contributed by atoms with E-state index in [4.69, 9.17) is 4.99 Å². The lowest BCUT2D eigenvalue weighted by atomic mass is 9.97. The zero-order chi connectivity index (χ0) is 21.3. The van der Waals surface area contributed by atoms with Crippen LogP contribution in [-0.4, -0.2) is 49.3 Å². The molecule has 1 saturated heterocycles. The predicted molar refractivity (Wildman–Crippen MR) is 137 cm³/mol. The Morgan fingerprint density at radius 2 is 1.71 bits per heavy atom. The highest BCUT2D eigenvalue weighted by atomic mass is 127. The zero-order valence-corrected chi connectivity index (χ0v) is 20.8. The normalized spacial score (nSPS) is 14.8. The van der Waals surface area contributed by atoms with Crippen LogP contribution in [0.5, 0.6) is 0 Å². The van der Waals surface area contributed by atoms with E-state index in [-0.39, 0.29) is 29.8 Å². The first-order chi connectivity index (χ1) is 14.6. The molecule has 0 unspecified atom stereocenters. The third kappa shape index (κ3) is 7.64. The highest BCUT2D eigenvalue weighted by Gasteiger charge is 2.18. The first kappa shape index (κ1) is 25.4. The van der Waals surface area contributed by atoms with Gasteiger partial charge in [-0.05, 0) is 61.1 Å². The molecule has 1 fully saturated rings. The number of hydrogen-bond donors (Lipinski definition) is 2. The number of halogens is 2. The van der Waals surface area contributed by atoms with Gasteiger partial charge in [0.1, 0.15) is 5.82 Å². The molecule has 0 saturated carbocycles. The molecule has 1 aliphatic rings. The first-order valence-electron chi connectivity index (χ1n) is 10.8. The summed E-state index contributed by atoms with van der Waals surface area (Å²) in [5.41, 5.74) is 3.44. The summed E-state index contributed by atoms with van der Waals surface area (Å²) in [5.74, 6) is 1.06. The van der Waals surface area contributed by atoms with Crippen LogP contribution < -0.4 is 10.2 Å². The number of rotatable bonds is 7. The maximum absolute atomic E-state index is 13.1. The van der Waals surface area contributed by atoms with Gasteiger partial charge in [0, 0.05) is 45.5 Å². The molecule has 170 valence electrons. The molecule has 0 bridgehead atoms. The average Bonchev–Trinajstić information content (AvgIpc) is 2.78. The summed E-state index contributed by atoms with van der Waals surface area (Å²) >= 11 is 0. The second-order valence-electron chi connectivity index (χ2n) is 7.93. The molecule has 1 heterocycles. The number of aliphatic hydroxyl groups excluding tert-OH is 1. The number of guanidine groups is 1. The van der Waals surface area contributed by atoms with Crippen LogP contribution >= 0.6 is 24.0 Å². The van der Waals surface area contributed by atoms with Crippen molar-refractivity contribution >= 4 is 35.6 Å². The fourth-order valence-corrected chi connectivity index (χ4v) is 3.76. The monoisotopic (exact) mass is 540 g/mol. The Bertz CT molecular complexity index is 805. The lowest BCUT2D eigenvalue weighted by Gasteiger charge is -2.32. The smallest absolute Gasteiger partial charge is 0.194 e. The van der Waals surface area contributed by atoms with Gasteiger partial charge >= 0.3 is 0 Å². The Morgan fingerprint density at radius 1 is 1.10 bits per heavy atom. The Kier molecular flexibility index (Phi) is 10.5. The molecule has 0 radical (unpaired) electrons. The summed E-state index contributed by atoms with van der Waals surface area (Å²) in [6.45, 7) is 6.40. The molecular weight excluding hydrogens is 506 g/mol. The molecule has 2 aromatic carbocycles. The molecule has 0 amide bonds. The zero-order valence-electron chi connectivity index (χ0n) is 18.4. The molecule has 0 atom stereocenters. The fraction of sp³-hybridized carbons (Fsp3) is 0.458. The van der Waals surface area contributed by atoms with E-state index in [1.807, 2.05) is 7.05 Å². The van der Waals surface area contributed by atoms with Crippen LogP contribution in [0.2, 0.25) is 0 Å². The van der Waals surface area contributed by atoms with Crippen LogP contribution in [0.1, 0.15) is 30.9 Å². The van der Waals surface area contributed by atoms with Crippen molar-refractivity contribution in [3.8, 4) is 0 Å². The minimum absolute atomic E-state index is 0. The van der Waals surface area contributed by atoms with Crippen LogP contribution in [0.4, 0.5) is 10.1 Å². The Hall–Kier alpha value is -1.87. The van der Waals surface area contributed by atoms with Crippen molar-refractivity contribution in [2.75, 3.05) is 38.2 Å². The standard InChI is InChI=1S/C24H33FN4O.HI/c1-3-26-24(28(2)17-20-4-8-22(25)9-5-20)27-16-19-6-10-23(11-7-19)29-14-12-21(18-30)13-15-29;/h4-11,21,30H,3,12-18H2,1-2H3,(H,26,27);1H. The highest BCUT2D eigenvalue weighted by Crippen LogP contribution is 2.23. The van der Waals surface area contributed by atoms with E-state index in [9.17, 15) is 9.50 Å². The average molecular weight is 540 g/mol. The summed E-state index contributed by atoms with van der Waals surface area (Å²) in [5, 5.41) is 12.6. The van der Waals surface area contributed by atoms with E-state index in [0.717, 1.165) is 49.6 Å². The largest absolute Gasteiger partial charge is 0.396 e. The van der Waals surface area contributed by atoms with Crippen LogP contribution in [0.25, 0.3) is 0 Å². The van der Waals surface area contributed by atoms with Gasteiger partial charge in [0.2, 0.25) is 0 Å². The van der Waals surface area contributed by atoms with E-state index < -0.39 is 0 Å². The Balaban J connectivity index is 0.00000341. The van der Waals surface area contributed by atoms with Gasteiger partial charge in [0.25, 0.3) is 0 Å². The molecule has 5 nitrogen and oxygen atoms in total. The van der Waals surface area contributed by atoms with E-state index >= 15 is 0 Å². The lowest BCUT2D eigenvalue weighted by Crippen LogP contribution is -2.38. The van der Waals surface area contributed by atoms with Gasteiger partial charge in [-0.25, -0.2) is 9.38 Å². The van der Waals surface area contributed by atoms with Crippen molar-refractivity contribution in [3.05, 3.63) is 65.5 Å². The van der Waals surface area contributed by atoms with Crippen LogP contribution in [0.3, 0.4) is 0 Å². The van der Waals surface area contributed by atoms with Gasteiger partial charge < -0.3 is 20.2 Å². The summed E-state index contributed by atoms with van der Waals surface area (Å²) in [6, 6.07) is 15.2. The molecule has 0 spiro atoms. The van der Waals surface area contributed by atoms with Crippen LogP contribution in [-0.2, 0) is 13.1 Å². The van der Waals surface area contributed by atoms with Crippen molar-refractivity contribution in [2.24, 2.45) is 10.9 Å². The SMILES string of the molecule is CCNC(=NCc1ccc(N2CCC(CO)CC2)cc1)N(C)Cc1ccc(F)cc1.I. The number of aliphatic hydroxyl groups is 1. The van der Waals surface area contributed by atoms with Crippen molar-refractivity contribution in [1.29, 1.82) is 0 Å². The molecule has 3 rings (SSSR count). The van der Waals surface area contributed by atoms with E-state index in [1.165, 1.54) is 17.8 Å². The first-order valence-corrected chi connectivity index (χ1v) is 10.8. The van der Waals surface area contributed by atoms with Gasteiger partial charge in [-0.3, -0.25) is 0 Å². The molecular formula is C24H34FIN4O. The number of piperidine rings is 1. The summed E-state index contributed by atoms with van der Waals surface area (Å²) in [4.78, 5) is 9.22. The molecule has 0 aromatic heterocycles. The number of hydrogen-bond acceptors (Lipinski definition) is 3. The van der Waals surface area contributed by atoms with Crippen molar-refractivity contribution in [1.82, 2.24) is 10.2 Å². The summed E-state index contributed by atoms with van der Waals surface area (Å²) in [7, 11) is 1.99. The van der Waals surface area contributed by atoms with Gasteiger partial charge in [0.15, 0.2) is 5.96 Å². The molecule has 2 aromatic rings. The fourth-order valence-electron chi connectivity index (χ4n) is 3.76. The second-order valence-corrected chi connectivity index (χ2v) is 7.93. The number of benzene rings is 2. The third-order valence-corrected chi connectivity index (χ3v) is 5.62. The maximum atomic E-state index is 13.1. The predicted octanol–water partition coefficient (Wildman–Crippen LogP) is 4.25. The van der Waals surface area contributed by atoms with E-state index in [2.05, 4.69) is 46.3 Å². The lowest BCUT2D eigenvalue weighted by molar-refractivity contribution is 0.203. The third-order valence-electron chi connectivity index (χ3n) is 5.62. The number of anilines is 1. The number of aliphatic imine (C=N–C) groups is 1. The molecule has 31 heavy (non-hydrogen) atoms. The minimum Gasteiger partial charge on any atom is -0.396 e. The minimum atomic E-state index is -0.219. The second kappa shape index (κ2) is 12.9. The van der Waals surface area contributed by atoms with Crippen molar-refractivity contribution in [3.63, 3.8) is 0 Å². The maximum Gasteiger partial charge on any atom is 0.194 e. The van der Waals surface area contributed by atoms with Gasteiger partial charge in [0.05, 0.1) is 6.54 Å². The van der Waals surface area contributed by atoms with Gasteiger partial charge in [-0.15, -0.1) is 24.0 Å². The van der Waals surface area contributed by atoms with Crippen molar-refractivity contribution < 1.29 is 9.50 Å². The Labute approximate surface area is 202 Å². The topological polar surface area (TPSA) is 51.1 Å². The number of nitrogens with zero attached hydrogens (tertiary/aromatic N) is 3. The molecule has 2 N–H and O–H groups in total. The highest BCUT2D eigenvalue weighted by molar-refractivity contribution is 14.0. The van der Waals surface area contributed by atoms with Gasteiger partial charge in [-0.1, -0.05) is 24.3 Å². The van der Waals surface area contributed by atoms with Crippen LogP contribution in [0.15, 0.2) is 53.5 Å². The van der Waals surface area contributed by atoms with E-state index in [1.54, 1.807) is 12.1 Å². The van der Waals surface area contributed by atoms with Crippen LogP contribution in [0, 0.1) is 11.7 Å². The van der Waals surface area contributed by atoms with Gasteiger partial charge in [-0.2, -0.15) is 0 Å². The molecule has 7 heteroatoms. The van der Waals surface area contributed by atoms with E-state index in [0.29, 0.717) is 25.6 Å². The molecule has 1 aliphatic heterocycles. The summed E-state index contributed by atoms with van der Waals surface area (Å²) in [6.07, 6.45) is 2.10. The quantitative estimate of drug-likeness (QED) is 0.314. The molecule has 0 aliphatic carbocycles. The summed E-state index contributed by atoms with van der Waals surface area (Å²) < 4.78 is 13.1. The Morgan fingerprint density at radius 3 is 2.29 bits per heavy atom. The number of nitrogens with one attached hydrogen (secondary N) is 1. The van der Waals surface area contributed by atoms with Crippen molar-refractivity contribution in [2.45, 2.75) is 32.9 Å².